The highest BCUT2D eigenvalue weighted by atomic mass is 32.2. The van der Waals surface area contributed by atoms with Crippen LogP contribution in [0.4, 0.5) is 0 Å². The van der Waals surface area contributed by atoms with Crippen LogP contribution in [0.25, 0.3) is 11.4 Å². The van der Waals surface area contributed by atoms with E-state index in [-0.39, 0.29) is 11.2 Å². The standard InChI is InChI=1S/C19H27N5OS/c1-4-22-11-13-23(14-12-22)18(25)15(3)26-19-21-20-17(24(19)5-2)16-9-7-6-8-10-16/h6-10,15H,4-5,11-14H2,1-3H3. The van der Waals surface area contributed by atoms with Crippen molar-refractivity contribution in [1.82, 2.24) is 24.6 Å². The molecule has 1 amide bonds. The Labute approximate surface area is 159 Å². The number of benzene rings is 1. The maximum atomic E-state index is 12.8. The summed E-state index contributed by atoms with van der Waals surface area (Å²) in [5, 5.41) is 9.36. The Bertz CT molecular complexity index is 725. The first kappa shape index (κ1) is 18.9. The lowest BCUT2D eigenvalue weighted by molar-refractivity contribution is -0.132. The maximum absolute atomic E-state index is 12.8. The summed E-state index contributed by atoms with van der Waals surface area (Å²) >= 11 is 1.50. The maximum Gasteiger partial charge on any atom is 0.235 e. The van der Waals surface area contributed by atoms with Gasteiger partial charge in [0.2, 0.25) is 5.91 Å². The van der Waals surface area contributed by atoms with E-state index in [1.54, 1.807) is 0 Å². The molecule has 6 nitrogen and oxygen atoms in total. The van der Waals surface area contributed by atoms with Crippen LogP contribution in [-0.4, -0.2) is 68.4 Å². The van der Waals surface area contributed by atoms with E-state index in [4.69, 9.17) is 0 Å². The van der Waals surface area contributed by atoms with E-state index < -0.39 is 0 Å². The fraction of sp³-hybridized carbons (Fsp3) is 0.526. The van der Waals surface area contributed by atoms with Crippen LogP contribution < -0.4 is 0 Å². The van der Waals surface area contributed by atoms with Gasteiger partial charge >= 0.3 is 0 Å². The van der Waals surface area contributed by atoms with Crippen molar-refractivity contribution in [3.63, 3.8) is 0 Å². The first-order chi connectivity index (χ1) is 12.6. The van der Waals surface area contributed by atoms with Crippen LogP contribution in [-0.2, 0) is 11.3 Å². The zero-order valence-electron chi connectivity index (χ0n) is 15.8. The van der Waals surface area contributed by atoms with Crippen molar-refractivity contribution in [2.75, 3.05) is 32.7 Å². The van der Waals surface area contributed by atoms with Gasteiger partial charge in [0.15, 0.2) is 11.0 Å². The Balaban J connectivity index is 1.69. The highest BCUT2D eigenvalue weighted by Gasteiger charge is 2.26. The van der Waals surface area contributed by atoms with Crippen molar-refractivity contribution >= 4 is 17.7 Å². The number of hydrogen-bond donors (Lipinski definition) is 0. The van der Waals surface area contributed by atoms with Gasteiger partial charge in [0.05, 0.1) is 5.25 Å². The Morgan fingerprint density at radius 2 is 1.77 bits per heavy atom. The average molecular weight is 374 g/mol. The van der Waals surface area contributed by atoms with Crippen molar-refractivity contribution in [2.24, 2.45) is 0 Å². The van der Waals surface area contributed by atoms with Gasteiger partial charge in [0.1, 0.15) is 0 Å². The molecule has 2 aromatic rings. The molecule has 1 aliphatic heterocycles. The minimum atomic E-state index is -0.165. The third-order valence-electron chi connectivity index (χ3n) is 4.83. The Morgan fingerprint density at radius 1 is 1.08 bits per heavy atom. The van der Waals surface area contributed by atoms with Crippen molar-refractivity contribution < 1.29 is 4.79 Å². The molecule has 1 atom stereocenters. The summed E-state index contributed by atoms with van der Waals surface area (Å²) < 4.78 is 2.08. The molecule has 1 unspecified atom stereocenters. The van der Waals surface area contributed by atoms with Gasteiger partial charge < -0.3 is 14.4 Å². The lowest BCUT2D eigenvalue weighted by Crippen LogP contribution is -2.50. The molecule has 1 aromatic heterocycles. The molecule has 140 valence electrons. The van der Waals surface area contributed by atoms with E-state index >= 15 is 0 Å². The van der Waals surface area contributed by atoms with E-state index in [1.165, 1.54) is 11.8 Å². The van der Waals surface area contributed by atoms with Crippen LogP contribution >= 0.6 is 11.8 Å². The predicted molar refractivity (Wildman–Crippen MR) is 105 cm³/mol. The second kappa shape index (κ2) is 8.68. The van der Waals surface area contributed by atoms with Gasteiger partial charge in [0.25, 0.3) is 0 Å². The second-order valence-corrected chi connectivity index (χ2v) is 7.74. The van der Waals surface area contributed by atoms with Crippen molar-refractivity contribution in [3.05, 3.63) is 30.3 Å². The van der Waals surface area contributed by atoms with Crippen molar-refractivity contribution in [1.29, 1.82) is 0 Å². The third kappa shape index (κ3) is 4.10. The van der Waals surface area contributed by atoms with Gasteiger partial charge in [-0.1, -0.05) is 49.0 Å². The number of hydrogen-bond acceptors (Lipinski definition) is 5. The fourth-order valence-electron chi connectivity index (χ4n) is 3.21. The van der Waals surface area contributed by atoms with E-state index in [9.17, 15) is 4.79 Å². The number of nitrogens with zero attached hydrogens (tertiary/aromatic N) is 5. The van der Waals surface area contributed by atoms with Gasteiger partial charge in [-0.15, -0.1) is 10.2 Å². The van der Waals surface area contributed by atoms with E-state index in [0.29, 0.717) is 0 Å². The summed E-state index contributed by atoms with van der Waals surface area (Å²) in [6.07, 6.45) is 0. The number of likely N-dealkylation sites (N-methyl/N-ethyl adjacent to an activating group) is 1. The van der Waals surface area contributed by atoms with E-state index in [2.05, 4.69) is 33.5 Å². The molecule has 0 saturated carbocycles. The summed E-state index contributed by atoms with van der Waals surface area (Å²) in [5.41, 5.74) is 1.04. The molecule has 7 heteroatoms. The smallest absolute Gasteiger partial charge is 0.235 e. The van der Waals surface area contributed by atoms with Crippen LogP contribution in [0.5, 0.6) is 0 Å². The number of piperazine rings is 1. The third-order valence-corrected chi connectivity index (χ3v) is 5.89. The molecular formula is C19H27N5OS. The van der Waals surface area contributed by atoms with Gasteiger partial charge in [-0.05, 0) is 20.4 Å². The number of carbonyl (C=O) groups excluding carboxylic acids is 1. The molecule has 1 fully saturated rings. The zero-order chi connectivity index (χ0) is 18.5. The fourth-order valence-corrected chi connectivity index (χ4v) is 4.21. The molecule has 0 radical (unpaired) electrons. The van der Waals surface area contributed by atoms with Crippen molar-refractivity contribution in [3.8, 4) is 11.4 Å². The molecule has 3 rings (SSSR count). The zero-order valence-corrected chi connectivity index (χ0v) is 16.6. The summed E-state index contributed by atoms with van der Waals surface area (Å²) in [5.74, 6) is 1.05. The van der Waals surface area contributed by atoms with Gasteiger partial charge in [-0.25, -0.2) is 0 Å². The number of rotatable bonds is 6. The molecule has 0 N–H and O–H groups in total. The minimum absolute atomic E-state index is 0.165. The number of thioether (sulfide) groups is 1. The first-order valence-electron chi connectivity index (χ1n) is 9.30. The van der Waals surface area contributed by atoms with Gasteiger partial charge in [-0.2, -0.15) is 0 Å². The summed E-state index contributed by atoms with van der Waals surface area (Å²) in [6.45, 7) is 11.6. The Morgan fingerprint density at radius 3 is 2.38 bits per heavy atom. The van der Waals surface area contributed by atoms with Gasteiger partial charge in [0, 0.05) is 38.3 Å². The first-order valence-corrected chi connectivity index (χ1v) is 10.2. The molecule has 1 aromatic carbocycles. The van der Waals surface area contributed by atoms with Crippen LogP contribution in [0.3, 0.4) is 0 Å². The van der Waals surface area contributed by atoms with E-state index in [1.807, 2.05) is 42.2 Å². The number of amides is 1. The van der Waals surface area contributed by atoms with Crippen LogP contribution in [0.15, 0.2) is 35.5 Å². The summed E-state index contributed by atoms with van der Waals surface area (Å²) in [4.78, 5) is 17.2. The number of aromatic nitrogens is 3. The lowest BCUT2D eigenvalue weighted by atomic mass is 10.2. The van der Waals surface area contributed by atoms with E-state index in [0.717, 1.165) is 55.8 Å². The average Bonchev–Trinajstić information content (AvgIpc) is 3.10. The van der Waals surface area contributed by atoms with Crippen LogP contribution in [0, 0.1) is 0 Å². The predicted octanol–water partition coefficient (Wildman–Crippen LogP) is 2.61. The SMILES string of the molecule is CCN1CCN(C(=O)C(C)Sc2nnc(-c3ccccc3)n2CC)CC1. The summed E-state index contributed by atoms with van der Waals surface area (Å²) in [7, 11) is 0. The molecule has 26 heavy (non-hydrogen) atoms. The van der Waals surface area contributed by atoms with Gasteiger partial charge in [-0.3, -0.25) is 4.79 Å². The Kier molecular flexibility index (Phi) is 6.32. The monoisotopic (exact) mass is 373 g/mol. The minimum Gasteiger partial charge on any atom is -0.339 e. The topological polar surface area (TPSA) is 54.3 Å². The lowest BCUT2D eigenvalue weighted by Gasteiger charge is -2.35. The van der Waals surface area contributed by atoms with Crippen LogP contribution in [0.1, 0.15) is 20.8 Å². The molecule has 0 aliphatic carbocycles. The molecular weight excluding hydrogens is 346 g/mol. The molecule has 0 spiro atoms. The van der Waals surface area contributed by atoms with Crippen molar-refractivity contribution in [2.45, 2.75) is 37.7 Å². The number of carbonyl (C=O) groups is 1. The second-order valence-electron chi connectivity index (χ2n) is 6.44. The molecule has 2 heterocycles. The van der Waals surface area contributed by atoms with Crippen LogP contribution in [0.2, 0.25) is 0 Å². The Hall–Kier alpha value is -1.86. The normalized spacial score (nSPS) is 16.7. The molecule has 1 saturated heterocycles. The summed E-state index contributed by atoms with van der Waals surface area (Å²) in [6, 6.07) is 10.1. The highest BCUT2D eigenvalue weighted by Crippen LogP contribution is 2.27. The largest absolute Gasteiger partial charge is 0.339 e. The quantitative estimate of drug-likeness (QED) is 0.729. The molecule has 1 aliphatic rings. The molecule has 0 bridgehead atoms. The highest BCUT2D eigenvalue weighted by molar-refractivity contribution is 8.00.